The number of nitrogens with zero attached hydrogens (tertiary/aromatic N) is 2. The van der Waals surface area contributed by atoms with Gasteiger partial charge in [-0.15, -0.1) is 12.4 Å². The molecule has 2 heterocycles. The van der Waals surface area contributed by atoms with Gasteiger partial charge in [-0.1, -0.05) is 0 Å². The Balaban J connectivity index is 0.00000208. The molecule has 24 heavy (non-hydrogen) atoms. The zero-order valence-electron chi connectivity index (χ0n) is 12.6. The summed E-state index contributed by atoms with van der Waals surface area (Å²) in [6.45, 7) is 1.44. The predicted molar refractivity (Wildman–Crippen MR) is 91.9 cm³/mol. The molecule has 0 spiro atoms. The van der Waals surface area contributed by atoms with E-state index in [9.17, 15) is 18.5 Å². The van der Waals surface area contributed by atoms with Crippen molar-refractivity contribution in [3.8, 4) is 0 Å². The lowest BCUT2D eigenvalue weighted by atomic mass is 10.1. The molecule has 1 aromatic heterocycles. The van der Waals surface area contributed by atoms with Crippen molar-refractivity contribution in [2.24, 2.45) is 0 Å². The fraction of sp³-hybridized carbons (Fsp3) is 0.357. The predicted octanol–water partition coefficient (Wildman–Crippen LogP) is 1.60. The first-order valence-electron chi connectivity index (χ1n) is 7.24. The molecule has 2 aromatic rings. The van der Waals surface area contributed by atoms with Gasteiger partial charge in [0.05, 0.1) is 15.8 Å². The van der Waals surface area contributed by atoms with Crippen LogP contribution in [0.4, 0.5) is 5.69 Å². The molecule has 8 nitrogen and oxygen atoms in total. The van der Waals surface area contributed by atoms with Crippen LogP contribution in [-0.2, 0) is 10.0 Å². The molecule has 0 saturated carbocycles. The third-order valence-electron chi connectivity index (χ3n) is 3.81. The fourth-order valence-electron chi connectivity index (χ4n) is 2.74. The molecule has 1 unspecified atom stereocenters. The summed E-state index contributed by atoms with van der Waals surface area (Å²) in [6.07, 6.45) is 3.07. The van der Waals surface area contributed by atoms with Gasteiger partial charge in [-0.2, -0.15) is 0 Å². The largest absolute Gasteiger partial charge is 0.315 e. The fourth-order valence-corrected chi connectivity index (χ4v) is 4.17. The molecule has 1 fully saturated rings. The number of nitro groups is 1. The van der Waals surface area contributed by atoms with Gasteiger partial charge < -0.3 is 5.32 Å². The smallest absolute Gasteiger partial charge is 0.278 e. The molecule has 1 atom stereocenters. The van der Waals surface area contributed by atoms with Crippen LogP contribution in [0.5, 0.6) is 0 Å². The van der Waals surface area contributed by atoms with Gasteiger partial charge in [0.1, 0.15) is 4.90 Å². The second-order valence-electron chi connectivity index (χ2n) is 5.40. The number of aromatic nitrogens is 1. The van der Waals surface area contributed by atoms with Crippen molar-refractivity contribution in [1.29, 1.82) is 0 Å². The highest BCUT2D eigenvalue weighted by Gasteiger charge is 2.26. The number of fused-ring (bicyclic) bond motifs is 1. The number of benzene rings is 1. The quantitative estimate of drug-likeness (QED) is 0.622. The molecular formula is C14H17ClN4O4S. The van der Waals surface area contributed by atoms with E-state index in [4.69, 9.17) is 0 Å². The number of nitro benzene ring substituents is 1. The highest BCUT2D eigenvalue weighted by Crippen LogP contribution is 2.29. The molecule has 1 aromatic carbocycles. The molecule has 0 radical (unpaired) electrons. The Morgan fingerprint density at radius 3 is 2.79 bits per heavy atom. The van der Waals surface area contributed by atoms with E-state index in [0.29, 0.717) is 6.54 Å². The van der Waals surface area contributed by atoms with E-state index in [-0.39, 0.29) is 39.9 Å². The number of nitrogens with one attached hydrogen (secondary N) is 2. The van der Waals surface area contributed by atoms with Crippen LogP contribution in [0.25, 0.3) is 10.9 Å². The lowest BCUT2D eigenvalue weighted by molar-refractivity contribution is -0.383. The van der Waals surface area contributed by atoms with Crippen molar-refractivity contribution in [1.82, 2.24) is 15.0 Å². The average molecular weight is 373 g/mol. The average Bonchev–Trinajstić information content (AvgIpc) is 2.54. The monoisotopic (exact) mass is 372 g/mol. The van der Waals surface area contributed by atoms with E-state index < -0.39 is 14.9 Å². The summed E-state index contributed by atoms with van der Waals surface area (Å²) in [5.74, 6) is 0. The Kier molecular flexibility index (Phi) is 5.70. The lowest BCUT2D eigenvalue weighted by Gasteiger charge is -2.23. The maximum Gasteiger partial charge on any atom is 0.278 e. The van der Waals surface area contributed by atoms with Gasteiger partial charge in [0, 0.05) is 24.8 Å². The normalized spacial score (nSPS) is 18.1. The van der Waals surface area contributed by atoms with E-state index in [1.54, 1.807) is 6.07 Å². The third-order valence-corrected chi connectivity index (χ3v) is 5.37. The minimum atomic E-state index is -3.80. The second-order valence-corrected chi connectivity index (χ2v) is 7.09. The molecule has 2 N–H and O–H groups in total. The molecule has 0 aliphatic carbocycles. The summed E-state index contributed by atoms with van der Waals surface area (Å²) in [4.78, 5) is 14.6. The molecule has 1 saturated heterocycles. The first-order valence-corrected chi connectivity index (χ1v) is 8.72. The number of pyridine rings is 1. The van der Waals surface area contributed by atoms with Gasteiger partial charge in [-0.05, 0) is 37.6 Å². The molecule has 130 valence electrons. The second kappa shape index (κ2) is 7.39. The molecule has 1 aliphatic rings. The summed E-state index contributed by atoms with van der Waals surface area (Å²) < 4.78 is 27.9. The number of non-ortho nitro benzene ring substituents is 1. The van der Waals surface area contributed by atoms with E-state index in [1.165, 1.54) is 24.4 Å². The minimum absolute atomic E-state index is 0. The number of halogens is 1. The maximum atomic E-state index is 12.6. The zero-order valence-corrected chi connectivity index (χ0v) is 14.3. The summed E-state index contributed by atoms with van der Waals surface area (Å²) >= 11 is 0. The van der Waals surface area contributed by atoms with E-state index in [0.717, 1.165) is 19.4 Å². The summed E-state index contributed by atoms with van der Waals surface area (Å²) in [6, 6.07) is 5.30. The Morgan fingerprint density at radius 2 is 2.12 bits per heavy atom. The van der Waals surface area contributed by atoms with Crippen LogP contribution in [0.3, 0.4) is 0 Å². The van der Waals surface area contributed by atoms with Crippen LogP contribution in [0, 0.1) is 10.1 Å². The number of sulfonamides is 1. The van der Waals surface area contributed by atoms with Gasteiger partial charge in [0.15, 0.2) is 0 Å². The van der Waals surface area contributed by atoms with Gasteiger partial charge in [-0.25, -0.2) is 13.1 Å². The highest BCUT2D eigenvalue weighted by atomic mass is 35.5. The molecule has 3 rings (SSSR count). The minimum Gasteiger partial charge on any atom is -0.315 e. The zero-order chi connectivity index (χ0) is 16.4. The number of piperidine rings is 1. The standard InChI is InChI=1S/C14H16N4O4S.ClH/c19-18(20)12-5-6-13(14-11(12)4-2-8-16-14)23(21,22)17-10-3-1-7-15-9-10;/h2,4-6,8,10,15,17H,1,3,7,9H2;1H. The first-order chi connectivity index (χ1) is 11.0. The van der Waals surface area contributed by atoms with Gasteiger partial charge >= 0.3 is 0 Å². The number of rotatable bonds is 4. The van der Waals surface area contributed by atoms with E-state index in [2.05, 4.69) is 15.0 Å². The number of hydrogen-bond acceptors (Lipinski definition) is 6. The van der Waals surface area contributed by atoms with Crippen molar-refractivity contribution in [2.45, 2.75) is 23.8 Å². The molecule has 0 amide bonds. The van der Waals surface area contributed by atoms with E-state index >= 15 is 0 Å². The molecule has 10 heteroatoms. The van der Waals surface area contributed by atoms with Crippen LogP contribution in [0.15, 0.2) is 35.4 Å². The first kappa shape index (κ1) is 18.5. The van der Waals surface area contributed by atoms with Crippen LogP contribution in [0.1, 0.15) is 12.8 Å². The van der Waals surface area contributed by atoms with Crippen LogP contribution in [-0.4, -0.2) is 37.5 Å². The Bertz CT molecular complexity index is 853. The Hall–Kier alpha value is -1.81. The highest BCUT2D eigenvalue weighted by molar-refractivity contribution is 7.89. The molecule has 1 aliphatic heterocycles. The lowest BCUT2D eigenvalue weighted by Crippen LogP contribution is -2.45. The van der Waals surface area contributed by atoms with Crippen molar-refractivity contribution in [3.05, 3.63) is 40.6 Å². The van der Waals surface area contributed by atoms with Crippen LogP contribution < -0.4 is 10.0 Å². The maximum absolute atomic E-state index is 12.6. The summed E-state index contributed by atoms with van der Waals surface area (Å²) in [7, 11) is -3.80. The molecular weight excluding hydrogens is 356 g/mol. The third kappa shape index (κ3) is 3.64. The Morgan fingerprint density at radius 1 is 1.33 bits per heavy atom. The topological polar surface area (TPSA) is 114 Å². The molecule has 0 bridgehead atoms. The summed E-state index contributed by atoms with van der Waals surface area (Å²) in [5, 5.41) is 14.4. The van der Waals surface area contributed by atoms with Crippen molar-refractivity contribution >= 4 is 39.0 Å². The van der Waals surface area contributed by atoms with Crippen LogP contribution >= 0.6 is 12.4 Å². The van der Waals surface area contributed by atoms with Crippen LogP contribution in [0.2, 0.25) is 0 Å². The SMILES string of the molecule is Cl.O=[N+]([O-])c1ccc(S(=O)(=O)NC2CCCNC2)c2ncccc12. The van der Waals surface area contributed by atoms with E-state index in [1.807, 2.05) is 0 Å². The van der Waals surface area contributed by atoms with Crippen molar-refractivity contribution in [3.63, 3.8) is 0 Å². The van der Waals surface area contributed by atoms with Gasteiger partial charge in [-0.3, -0.25) is 15.1 Å². The van der Waals surface area contributed by atoms with Gasteiger partial charge in [0.2, 0.25) is 10.0 Å². The van der Waals surface area contributed by atoms with Crippen molar-refractivity contribution < 1.29 is 13.3 Å². The van der Waals surface area contributed by atoms with Crippen molar-refractivity contribution in [2.75, 3.05) is 13.1 Å². The number of hydrogen-bond donors (Lipinski definition) is 2. The Labute approximate surface area is 145 Å². The van der Waals surface area contributed by atoms with Gasteiger partial charge in [0.25, 0.3) is 5.69 Å². The summed E-state index contributed by atoms with van der Waals surface area (Å²) in [5.41, 5.74) is -0.0515.